The molecule has 0 aliphatic rings. The second kappa shape index (κ2) is 76.4. The second-order valence-electron chi connectivity index (χ2n) is 31.5. The van der Waals surface area contributed by atoms with Crippen LogP contribution in [0.25, 0.3) is 0 Å². The van der Waals surface area contributed by atoms with Crippen molar-refractivity contribution >= 4 is 39.5 Å². The van der Waals surface area contributed by atoms with Crippen LogP contribution < -0.4 is 0 Å². The molecule has 19 heteroatoms. The third-order valence-electron chi connectivity index (χ3n) is 20.0. The fourth-order valence-corrected chi connectivity index (χ4v) is 14.8. The number of phosphoric acid groups is 2. The van der Waals surface area contributed by atoms with Crippen LogP contribution in [-0.2, 0) is 65.4 Å². The zero-order valence-corrected chi connectivity index (χ0v) is 70.1. The van der Waals surface area contributed by atoms with Crippen molar-refractivity contribution < 1.29 is 80.2 Å². The molecule has 0 fully saturated rings. The maximum Gasteiger partial charge on any atom is 0.472 e. The summed E-state index contributed by atoms with van der Waals surface area (Å²) in [7, 11) is -9.93. The number of carbonyl (C=O) groups excluding carboxylic acids is 4. The molecule has 5 atom stereocenters. The lowest BCUT2D eigenvalue weighted by molar-refractivity contribution is -0.161. The molecule has 3 N–H and O–H groups in total. The number of ether oxygens (including phenoxy) is 4. The second-order valence-corrected chi connectivity index (χ2v) is 34.4. The molecule has 17 nitrogen and oxygen atoms in total. The van der Waals surface area contributed by atoms with Gasteiger partial charge in [-0.1, -0.05) is 401 Å². The van der Waals surface area contributed by atoms with Gasteiger partial charge in [-0.25, -0.2) is 9.13 Å². The highest BCUT2D eigenvalue weighted by Crippen LogP contribution is 2.45. The third kappa shape index (κ3) is 78.2. The molecule has 0 radical (unpaired) electrons. The van der Waals surface area contributed by atoms with Crippen LogP contribution in [0.15, 0.2) is 0 Å². The van der Waals surface area contributed by atoms with E-state index in [1.165, 1.54) is 270 Å². The summed E-state index contributed by atoms with van der Waals surface area (Å²) in [5.41, 5.74) is 0. The topological polar surface area (TPSA) is 237 Å². The normalized spacial score (nSPS) is 13.8. The van der Waals surface area contributed by atoms with Gasteiger partial charge in [-0.15, -0.1) is 0 Å². The average Bonchev–Trinajstić information content (AvgIpc) is 1.11. The van der Waals surface area contributed by atoms with E-state index in [0.29, 0.717) is 25.7 Å². The minimum atomic E-state index is -4.97. The summed E-state index contributed by atoms with van der Waals surface area (Å²) >= 11 is 0. The zero-order valence-electron chi connectivity index (χ0n) is 68.3. The number of unbranched alkanes of at least 4 members (excludes halogenated alkanes) is 54. The number of esters is 4. The van der Waals surface area contributed by atoms with E-state index < -0.39 is 97.5 Å². The number of rotatable bonds is 84. The number of aliphatic hydroxyl groups is 1. The van der Waals surface area contributed by atoms with Crippen molar-refractivity contribution in [2.45, 2.75) is 471 Å². The molecule has 0 aliphatic heterocycles. The smallest absolute Gasteiger partial charge is 0.462 e. The van der Waals surface area contributed by atoms with Crippen LogP contribution in [0.2, 0.25) is 0 Å². The monoisotopic (exact) mass is 1520 g/mol. The predicted molar refractivity (Wildman–Crippen MR) is 428 cm³/mol. The largest absolute Gasteiger partial charge is 0.472 e. The Morgan fingerprint density at radius 1 is 0.260 bits per heavy atom. The maximum absolute atomic E-state index is 13.1. The molecule has 0 aromatic carbocycles. The van der Waals surface area contributed by atoms with Gasteiger partial charge in [-0.3, -0.25) is 37.3 Å². The molecule has 0 spiro atoms. The molecule has 0 aliphatic carbocycles. The molecule has 0 saturated carbocycles. The molecule has 0 bridgehead atoms. The zero-order chi connectivity index (χ0) is 76.4. The van der Waals surface area contributed by atoms with Crippen LogP contribution in [0.4, 0.5) is 0 Å². The van der Waals surface area contributed by atoms with E-state index in [2.05, 4.69) is 41.5 Å². The van der Waals surface area contributed by atoms with Crippen LogP contribution >= 0.6 is 15.6 Å². The lowest BCUT2D eigenvalue weighted by atomic mass is 10.0. The number of aliphatic hydroxyl groups excluding tert-OH is 1. The van der Waals surface area contributed by atoms with Crippen molar-refractivity contribution in [1.82, 2.24) is 0 Å². The summed E-state index contributed by atoms with van der Waals surface area (Å²) in [6.45, 7) is 9.68. The van der Waals surface area contributed by atoms with Crippen LogP contribution in [-0.4, -0.2) is 96.7 Å². The van der Waals surface area contributed by atoms with Crippen LogP contribution in [0.5, 0.6) is 0 Å². The minimum Gasteiger partial charge on any atom is -0.462 e. The van der Waals surface area contributed by atoms with E-state index >= 15 is 0 Å². The Morgan fingerprint density at radius 3 is 0.654 bits per heavy atom. The fourth-order valence-electron chi connectivity index (χ4n) is 13.2. The van der Waals surface area contributed by atoms with Crippen LogP contribution in [0, 0.1) is 11.8 Å². The maximum atomic E-state index is 13.1. The molecule has 0 saturated heterocycles. The first kappa shape index (κ1) is 102. The number of carbonyl (C=O) groups is 4. The van der Waals surface area contributed by atoms with Gasteiger partial charge in [0.1, 0.15) is 19.3 Å². The van der Waals surface area contributed by atoms with Gasteiger partial charge in [-0.05, 0) is 37.5 Å². The predicted octanol–water partition coefficient (Wildman–Crippen LogP) is 25.8. The Kier molecular flexibility index (Phi) is 75.0. The van der Waals surface area contributed by atoms with Crippen molar-refractivity contribution in [3.05, 3.63) is 0 Å². The SMILES string of the molecule is CCCCCCCCCCCCCCCCCCCCCCC(=O)O[C@H](COC(=O)CCCCCCCCCCCCCCCCCCC(C)C)COP(=O)(O)OC[C@@H](O)COP(=O)(O)OC[C@@H](COC(=O)CCCCCCCCCCCC(C)C)OC(=O)CCCCCCCCCCCCCCC. The first-order valence-corrected chi connectivity index (χ1v) is 47.0. The standard InChI is InChI=1S/C85H166O17P2/c1-7-9-11-13-15-17-19-21-22-23-24-25-26-31-35-39-45-52-58-64-70-85(90)101-80(73-95-82(87)67-61-55-49-43-37-34-30-28-27-29-33-36-41-47-53-59-65-77(3)4)75-99-103(91,92)97-71-79(86)72-98-104(93,94)100-76-81(74-96-83(88)68-62-56-50-46-40-42-48-54-60-66-78(5)6)102-84(89)69-63-57-51-44-38-32-20-18-16-14-12-10-8-2/h77-81,86H,7-76H2,1-6H3,(H,91,92)(H,93,94)/t79-,80-,81-/m1/s1. The van der Waals surface area contributed by atoms with Crippen LogP contribution in [0.3, 0.4) is 0 Å². The summed E-state index contributed by atoms with van der Waals surface area (Å²) in [5.74, 6) is -0.546. The molecular formula is C85H166O17P2. The summed E-state index contributed by atoms with van der Waals surface area (Å²) in [6, 6.07) is 0. The van der Waals surface area contributed by atoms with E-state index in [1.54, 1.807) is 0 Å². The van der Waals surface area contributed by atoms with Gasteiger partial charge >= 0.3 is 39.5 Å². The minimum absolute atomic E-state index is 0.108. The molecule has 104 heavy (non-hydrogen) atoms. The van der Waals surface area contributed by atoms with Gasteiger partial charge in [0, 0.05) is 25.7 Å². The van der Waals surface area contributed by atoms with E-state index in [4.69, 9.17) is 37.0 Å². The Balaban J connectivity index is 5.24. The highest BCUT2D eigenvalue weighted by molar-refractivity contribution is 7.47. The molecule has 0 aromatic rings. The van der Waals surface area contributed by atoms with E-state index in [0.717, 1.165) is 102 Å². The highest BCUT2D eigenvalue weighted by atomic mass is 31.2. The van der Waals surface area contributed by atoms with E-state index in [-0.39, 0.29) is 25.7 Å². The molecule has 0 rings (SSSR count). The van der Waals surface area contributed by atoms with Gasteiger partial charge in [-0.2, -0.15) is 0 Å². The van der Waals surface area contributed by atoms with Crippen molar-refractivity contribution in [2.75, 3.05) is 39.6 Å². The Morgan fingerprint density at radius 2 is 0.442 bits per heavy atom. The van der Waals surface area contributed by atoms with Crippen molar-refractivity contribution in [2.24, 2.45) is 11.8 Å². The van der Waals surface area contributed by atoms with Gasteiger partial charge in [0.15, 0.2) is 12.2 Å². The molecule has 0 aromatic heterocycles. The van der Waals surface area contributed by atoms with Crippen molar-refractivity contribution in [3.63, 3.8) is 0 Å². The highest BCUT2D eigenvalue weighted by Gasteiger charge is 2.30. The van der Waals surface area contributed by atoms with Crippen LogP contribution in [0.1, 0.15) is 452 Å². The summed E-state index contributed by atoms with van der Waals surface area (Å²) in [4.78, 5) is 73.2. The summed E-state index contributed by atoms with van der Waals surface area (Å²) in [6.07, 6.45) is 68.0. The number of hydrogen-bond acceptors (Lipinski definition) is 15. The fraction of sp³-hybridized carbons (Fsp3) is 0.953. The quantitative estimate of drug-likeness (QED) is 0.0222. The Bertz CT molecular complexity index is 1990. The van der Waals surface area contributed by atoms with Crippen molar-refractivity contribution in [3.8, 4) is 0 Å². The van der Waals surface area contributed by atoms with Crippen molar-refractivity contribution in [1.29, 1.82) is 0 Å². The number of hydrogen-bond donors (Lipinski definition) is 3. The molecule has 2 unspecified atom stereocenters. The molecular weight excluding hydrogens is 1350 g/mol. The molecule has 0 heterocycles. The first-order chi connectivity index (χ1) is 50.4. The molecule has 618 valence electrons. The van der Waals surface area contributed by atoms with Gasteiger partial charge < -0.3 is 33.8 Å². The summed E-state index contributed by atoms with van der Waals surface area (Å²) < 4.78 is 68.9. The first-order valence-electron chi connectivity index (χ1n) is 44.0. The van der Waals surface area contributed by atoms with Gasteiger partial charge in [0.25, 0.3) is 0 Å². The average molecular weight is 1520 g/mol. The van der Waals surface area contributed by atoms with Gasteiger partial charge in [0.2, 0.25) is 0 Å². The van der Waals surface area contributed by atoms with E-state index in [1.807, 2.05) is 0 Å². The Labute approximate surface area is 638 Å². The van der Waals surface area contributed by atoms with E-state index in [9.17, 15) is 43.2 Å². The third-order valence-corrected chi connectivity index (χ3v) is 21.9. The number of phosphoric ester groups is 2. The lowest BCUT2D eigenvalue weighted by Crippen LogP contribution is -2.30. The lowest BCUT2D eigenvalue weighted by Gasteiger charge is -2.21. The summed E-state index contributed by atoms with van der Waals surface area (Å²) in [5, 5.41) is 10.7. The Hall–Kier alpha value is -1.94. The van der Waals surface area contributed by atoms with Gasteiger partial charge in [0.05, 0.1) is 26.4 Å². The molecule has 0 amide bonds.